The van der Waals surface area contributed by atoms with Crippen molar-refractivity contribution in [3.63, 3.8) is 0 Å². The standard InChI is InChI=1S/C18H28N4O3S.2ClH/c19-26(24,25)17-4-2-16(3-5-17)21-11-13-22(14-12-21)18(23)6-1-15-7-9-20-10-8-15;;/h2-5,15,20H,1,6-14H2,(H2,19,24,25);2*1H. The molecule has 10 heteroatoms. The number of nitrogens with zero attached hydrogens (tertiary/aromatic N) is 2. The van der Waals surface area contributed by atoms with Gasteiger partial charge in [0, 0.05) is 38.3 Å². The lowest BCUT2D eigenvalue weighted by molar-refractivity contribution is -0.131. The first-order valence-electron chi connectivity index (χ1n) is 9.30. The van der Waals surface area contributed by atoms with Crippen LogP contribution in [0.5, 0.6) is 0 Å². The third-order valence-electron chi connectivity index (χ3n) is 5.39. The zero-order valence-corrected chi connectivity index (χ0v) is 18.3. The Morgan fingerprint density at radius 3 is 2.14 bits per heavy atom. The molecule has 160 valence electrons. The van der Waals surface area contributed by atoms with Crippen LogP contribution in [0, 0.1) is 5.92 Å². The van der Waals surface area contributed by atoms with Crippen LogP contribution in [0.1, 0.15) is 25.7 Å². The van der Waals surface area contributed by atoms with Crippen LogP contribution >= 0.6 is 24.8 Å². The summed E-state index contributed by atoms with van der Waals surface area (Å²) in [6.07, 6.45) is 3.99. The average Bonchev–Trinajstić information content (AvgIpc) is 2.66. The molecule has 7 nitrogen and oxygen atoms in total. The molecule has 0 radical (unpaired) electrons. The van der Waals surface area contributed by atoms with Gasteiger partial charge in [-0.15, -0.1) is 24.8 Å². The molecule has 2 aliphatic heterocycles. The number of nitrogens with one attached hydrogen (secondary N) is 1. The van der Waals surface area contributed by atoms with E-state index in [0.717, 1.165) is 38.3 Å². The van der Waals surface area contributed by atoms with Gasteiger partial charge in [-0.1, -0.05) is 0 Å². The fraction of sp³-hybridized carbons (Fsp3) is 0.611. The Morgan fingerprint density at radius 1 is 1.04 bits per heavy atom. The van der Waals surface area contributed by atoms with Crippen LogP contribution in [0.25, 0.3) is 0 Å². The normalized spacial score (nSPS) is 18.2. The summed E-state index contributed by atoms with van der Waals surface area (Å²) < 4.78 is 22.7. The molecule has 0 saturated carbocycles. The molecule has 2 fully saturated rings. The summed E-state index contributed by atoms with van der Waals surface area (Å²) in [5.74, 6) is 0.937. The summed E-state index contributed by atoms with van der Waals surface area (Å²) in [6.45, 7) is 5.08. The van der Waals surface area contributed by atoms with Gasteiger partial charge in [0.1, 0.15) is 0 Å². The summed E-state index contributed by atoms with van der Waals surface area (Å²) in [7, 11) is -3.66. The van der Waals surface area contributed by atoms with Crippen LogP contribution in [0.2, 0.25) is 0 Å². The lowest BCUT2D eigenvalue weighted by atomic mass is 9.93. The Labute approximate surface area is 179 Å². The Morgan fingerprint density at radius 2 is 1.61 bits per heavy atom. The van der Waals surface area contributed by atoms with E-state index in [1.165, 1.54) is 25.0 Å². The van der Waals surface area contributed by atoms with Crippen molar-refractivity contribution in [1.29, 1.82) is 0 Å². The second-order valence-electron chi connectivity index (χ2n) is 7.14. The van der Waals surface area contributed by atoms with Crippen LogP contribution < -0.4 is 15.4 Å². The summed E-state index contributed by atoms with van der Waals surface area (Å²) in [5.41, 5.74) is 0.958. The Hall–Kier alpha value is -1.06. The fourth-order valence-electron chi connectivity index (χ4n) is 3.72. The van der Waals surface area contributed by atoms with Gasteiger partial charge in [-0.2, -0.15) is 0 Å². The minimum atomic E-state index is -3.66. The Bertz CT molecular complexity index is 717. The van der Waals surface area contributed by atoms with Gasteiger partial charge >= 0.3 is 0 Å². The molecule has 2 saturated heterocycles. The number of hydrogen-bond acceptors (Lipinski definition) is 5. The fourth-order valence-corrected chi connectivity index (χ4v) is 4.23. The Balaban J connectivity index is 0.00000196. The van der Waals surface area contributed by atoms with Crippen molar-refractivity contribution >= 4 is 46.4 Å². The zero-order chi connectivity index (χ0) is 18.6. The van der Waals surface area contributed by atoms with E-state index in [9.17, 15) is 13.2 Å². The number of sulfonamides is 1. The molecule has 0 spiro atoms. The van der Waals surface area contributed by atoms with Crippen molar-refractivity contribution in [2.45, 2.75) is 30.6 Å². The van der Waals surface area contributed by atoms with Crippen LogP contribution in [-0.4, -0.2) is 58.5 Å². The van der Waals surface area contributed by atoms with Crippen molar-refractivity contribution in [1.82, 2.24) is 10.2 Å². The second kappa shape index (κ2) is 11.2. The number of rotatable bonds is 5. The lowest BCUT2D eigenvalue weighted by Crippen LogP contribution is -2.48. The molecule has 0 bridgehead atoms. The highest BCUT2D eigenvalue weighted by Gasteiger charge is 2.23. The Kier molecular flexibility index (Phi) is 10.00. The number of primary sulfonamides is 1. The van der Waals surface area contributed by atoms with Crippen molar-refractivity contribution in [2.24, 2.45) is 11.1 Å². The first-order chi connectivity index (χ1) is 12.4. The maximum atomic E-state index is 12.5. The minimum absolute atomic E-state index is 0. The van der Waals surface area contributed by atoms with Gasteiger partial charge in [0.2, 0.25) is 15.9 Å². The van der Waals surface area contributed by atoms with E-state index in [-0.39, 0.29) is 35.6 Å². The van der Waals surface area contributed by atoms with E-state index in [0.29, 0.717) is 25.4 Å². The van der Waals surface area contributed by atoms with Crippen molar-refractivity contribution < 1.29 is 13.2 Å². The van der Waals surface area contributed by atoms with E-state index < -0.39 is 10.0 Å². The van der Waals surface area contributed by atoms with Crippen LogP contribution in [-0.2, 0) is 14.8 Å². The van der Waals surface area contributed by atoms with E-state index in [2.05, 4.69) is 10.2 Å². The monoisotopic (exact) mass is 452 g/mol. The van der Waals surface area contributed by atoms with Gasteiger partial charge in [-0.05, 0) is 62.5 Å². The summed E-state index contributed by atoms with van der Waals surface area (Å²) in [4.78, 5) is 16.7. The molecular formula is C18H30Cl2N4O3S. The molecule has 1 aromatic carbocycles. The molecule has 0 aliphatic carbocycles. The number of piperazine rings is 1. The molecule has 0 atom stereocenters. The first kappa shape index (κ1) is 25.0. The van der Waals surface area contributed by atoms with Gasteiger partial charge in [0.25, 0.3) is 0 Å². The summed E-state index contributed by atoms with van der Waals surface area (Å²) >= 11 is 0. The molecule has 1 amide bonds. The van der Waals surface area contributed by atoms with E-state index in [1.807, 2.05) is 4.90 Å². The molecule has 2 heterocycles. The molecule has 1 aromatic rings. The van der Waals surface area contributed by atoms with Crippen LogP contribution in [0.4, 0.5) is 5.69 Å². The van der Waals surface area contributed by atoms with Crippen LogP contribution in [0.3, 0.4) is 0 Å². The van der Waals surface area contributed by atoms with Gasteiger partial charge in [0.15, 0.2) is 0 Å². The first-order valence-corrected chi connectivity index (χ1v) is 10.8. The predicted molar refractivity (Wildman–Crippen MR) is 116 cm³/mol. The van der Waals surface area contributed by atoms with Crippen molar-refractivity contribution in [2.75, 3.05) is 44.2 Å². The van der Waals surface area contributed by atoms with E-state index in [4.69, 9.17) is 5.14 Å². The third-order valence-corrected chi connectivity index (χ3v) is 6.32. The molecule has 0 aromatic heterocycles. The van der Waals surface area contributed by atoms with Crippen molar-refractivity contribution in [3.05, 3.63) is 24.3 Å². The van der Waals surface area contributed by atoms with Gasteiger partial charge in [0.05, 0.1) is 4.90 Å². The number of amides is 1. The highest BCUT2D eigenvalue weighted by atomic mass is 35.5. The number of piperidine rings is 1. The zero-order valence-electron chi connectivity index (χ0n) is 15.9. The third kappa shape index (κ3) is 6.77. The number of hydrogen-bond donors (Lipinski definition) is 2. The number of anilines is 1. The summed E-state index contributed by atoms with van der Waals surface area (Å²) in [6, 6.07) is 6.60. The number of nitrogens with two attached hydrogens (primary N) is 1. The number of benzene rings is 1. The highest BCUT2D eigenvalue weighted by Crippen LogP contribution is 2.21. The maximum Gasteiger partial charge on any atom is 0.238 e. The lowest BCUT2D eigenvalue weighted by Gasteiger charge is -2.36. The van der Waals surface area contributed by atoms with Gasteiger partial charge in [-0.25, -0.2) is 13.6 Å². The molecule has 3 N–H and O–H groups in total. The van der Waals surface area contributed by atoms with Crippen LogP contribution in [0.15, 0.2) is 29.2 Å². The van der Waals surface area contributed by atoms with Gasteiger partial charge < -0.3 is 15.1 Å². The molecule has 28 heavy (non-hydrogen) atoms. The van der Waals surface area contributed by atoms with Gasteiger partial charge in [-0.3, -0.25) is 4.79 Å². The van der Waals surface area contributed by atoms with E-state index in [1.54, 1.807) is 12.1 Å². The van der Waals surface area contributed by atoms with Crippen molar-refractivity contribution in [3.8, 4) is 0 Å². The molecular weight excluding hydrogens is 423 g/mol. The molecule has 2 aliphatic rings. The maximum absolute atomic E-state index is 12.5. The molecule has 3 rings (SSSR count). The average molecular weight is 453 g/mol. The molecule has 0 unspecified atom stereocenters. The minimum Gasteiger partial charge on any atom is -0.368 e. The predicted octanol–water partition coefficient (Wildman–Crippen LogP) is 1.61. The number of carbonyl (C=O) groups excluding carboxylic acids is 1. The SMILES string of the molecule is Cl.Cl.NS(=O)(=O)c1ccc(N2CCN(C(=O)CCC3CCNCC3)CC2)cc1. The quantitative estimate of drug-likeness (QED) is 0.706. The van der Waals surface area contributed by atoms with E-state index >= 15 is 0 Å². The largest absolute Gasteiger partial charge is 0.368 e. The topological polar surface area (TPSA) is 95.7 Å². The smallest absolute Gasteiger partial charge is 0.238 e. The number of carbonyl (C=O) groups is 1. The highest BCUT2D eigenvalue weighted by molar-refractivity contribution is 7.89. The summed E-state index contributed by atoms with van der Waals surface area (Å²) in [5, 5.41) is 8.49. The second-order valence-corrected chi connectivity index (χ2v) is 8.70. The number of halogens is 2.